The molecule has 7 heteroatoms. The average Bonchev–Trinajstić information content (AvgIpc) is 2.79. The van der Waals surface area contributed by atoms with Crippen LogP contribution in [0.1, 0.15) is 31.1 Å². The fraction of sp³-hybridized carbons (Fsp3) is 0.467. The van der Waals surface area contributed by atoms with E-state index in [1.165, 1.54) is 0 Å². The Morgan fingerprint density at radius 1 is 1.18 bits per heavy atom. The summed E-state index contributed by atoms with van der Waals surface area (Å²) in [6.07, 6.45) is -1.49. The number of carbonyl (C=O) groups excluding carboxylic acids is 2. The van der Waals surface area contributed by atoms with Gasteiger partial charge in [-0.05, 0) is 38.1 Å². The van der Waals surface area contributed by atoms with Crippen LogP contribution in [0.25, 0.3) is 0 Å². The number of nitrogens with zero attached hydrogens (tertiary/aromatic N) is 2. The zero-order valence-corrected chi connectivity index (χ0v) is 12.9. The molecule has 1 N–H and O–H groups in total. The van der Waals surface area contributed by atoms with Crippen LogP contribution in [0, 0.1) is 0 Å². The third-order valence-corrected chi connectivity index (χ3v) is 2.82. The van der Waals surface area contributed by atoms with E-state index in [4.69, 9.17) is 9.57 Å². The summed E-state index contributed by atoms with van der Waals surface area (Å²) in [5, 5.41) is 11.8. The first-order valence-electron chi connectivity index (χ1n) is 6.99. The number of ether oxygens (including phenoxy) is 1. The van der Waals surface area contributed by atoms with Gasteiger partial charge >= 0.3 is 12.1 Å². The third kappa shape index (κ3) is 4.19. The van der Waals surface area contributed by atoms with Gasteiger partial charge in [-0.3, -0.25) is 0 Å². The lowest BCUT2D eigenvalue weighted by Gasteiger charge is -2.28. The van der Waals surface area contributed by atoms with Crippen molar-refractivity contribution in [3.05, 3.63) is 35.9 Å². The van der Waals surface area contributed by atoms with Crippen molar-refractivity contribution in [2.75, 3.05) is 13.1 Å². The van der Waals surface area contributed by atoms with Gasteiger partial charge in [0.25, 0.3) is 0 Å². The van der Waals surface area contributed by atoms with Gasteiger partial charge in [-0.2, -0.15) is 0 Å². The molecule has 1 aliphatic rings. The number of rotatable bonds is 2. The van der Waals surface area contributed by atoms with E-state index in [0.717, 1.165) is 10.2 Å². The predicted molar refractivity (Wildman–Crippen MR) is 77.5 cm³/mol. The topological polar surface area (TPSA) is 79.3 Å². The number of carbonyl (C=O) groups is 2. The molecule has 1 aromatic carbocycles. The molecular formula is C15H20N2O5. The van der Waals surface area contributed by atoms with Gasteiger partial charge in [0.2, 0.25) is 0 Å². The lowest BCUT2D eigenvalue weighted by atomic mass is 10.2. The number of hydrazine groups is 1. The van der Waals surface area contributed by atoms with Crippen molar-refractivity contribution in [3.63, 3.8) is 0 Å². The lowest BCUT2D eigenvalue weighted by molar-refractivity contribution is -0.205. The highest BCUT2D eigenvalue weighted by molar-refractivity contribution is 5.89. The van der Waals surface area contributed by atoms with Crippen LogP contribution in [0.2, 0.25) is 0 Å². The van der Waals surface area contributed by atoms with Gasteiger partial charge < -0.3 is 14.7 Å². The van der Waals surface area contributed by atoms with Crippen LogP contribution in [0.15, 0.2) is 30.3 Å². The molecule has 2 rings (SSSR count). The molecule has 7 nitrogen and oxygen atoms in total. The minimum absolute atomic E-state index is 0.0109. The molecule has 1 aromatic rings. The normalized spacial score (nSPS) is 19.1. The lowest BCUT2D eigenvalue weighted by Crippen LogP contribution is -2.44. The van der Waals surface area contributed by atoms with Crippen molar-refractivity contribution < 1.29 is 24.3 Å². The largest absolute Gasteiger partial charge is 0.443 e. The number of hydrogen-bond donors (Lipinski definition) is 1. The highest BCUT2D eigenvalue weighted by Gasteiger charge is 2.38. The van der Waals surface area contributed by atoms with Crippen molar-refractivity contribution in [1.82, 2.24) is 10.2 Å². The molecule has 1 heterocycles. The van der Waals surface area contributed by atoms with Gasteiger partial charge in [0.05, 0.1) is 24.8 Å². The smallest absolute Gasteiger partial charge is 0.427 e. The fourth-order valence-corrected chi connectivity index (χ4v) is 1.92. The zero-order chi connectivity index (χ0) is 16.3. The first-order valence-corrected chi connectivity index (χ1v) is 6.99. The Hall–Kier alpha value is -2.12. The third-order valence-electron chi connectivity index (χ3n) is 2.82. The van der Waals surface area contributed by atoms with Gasteiger partial charge in [0.15, 0.2) is 0 Å². The molecule has 0 aromatic heterocycles. The molecule has 1 fully saturated rings. The molecule has 1 unspecified atom stereocenters. The molecular weight excluding hydrogens is 288 g/mol. The standard InChI is InChI=1S/C15H20N2O5/c1-15(2,3)21-14(20)16-9-12(18)10-17(16)22-13(19)11-7-5-4-6-8-11/h4-8,12,18H,9-10H2,1-3H3. The Kier molecular flexibility index (Phi) is 4.68. The van der Waals surface area contributed by atoms with Crippen molar-refractivity contribution in [3.8, 4) is 0 Å². The van der Waals surface area contributed by atoms with Crippen LogP contribution in [0.5, 0.6) is 0 Å². The minimum Gasteiger partial charge on any atom is -0.443 e. The van der Waals surface area contributed by atoms with Gasteiger partial charge in [-0.15, -0.1) is 0 Å². The van der Waals surface area contributed by atoms with Crippen molar-refractivity contribution >= 4 is 12.1 Å². The van der Waals surface area contributed by atoms with Crippen LogP contribution in [-0.4, -0.2) is 52.1 Å². The maximum Gasteiger partial charge on any atom is 0.427 e. The number of β-amino-alcohol motifs (C(OH)–C–C–N with tert-alkyl or cyclic N) is 1. The first-order chi connectivity index (χ1) is 10.3. The van der Waals surface area contributed by atoms with Crippen LogP contribution in [0.4, 0.5) is 4.79 Å². The van der Waals surface area contributed by atoms with Crippen molar-refractivity contribution in [2.45, 2.75) is 32.5 Å². The molecule has 1 aliphatic heterocycles. The van der Waals surface area contributed by atoms with Gasteiger partial charge in [-0.25, -0.2) is 14.6 Å². The van der Waals surface area contributed by atoms with Crippen LogP contribution in [0.3, 0.4) is 0 Å². The predicted octanol–water partition coefficient (Wildman–Crippen LogP) is 1.59. The molecule has 0 aliphatic carbocycles. The molecule has 0 bridgehead atoms. The fourth-order valence-electron chi connectivity index (χ4n) is 1.92. The van der Waals surface area contributed by atoms with E-state index in [-0.39, 0.29) is 13.1 Å². The summed E-state index contributed by atoms with van der Waals surface area (Å²) >= 11 is 0. The second-order valence-electron chi connectivity index (χ2n) is 6.00. The van der Waals surface area contributed by atoms with Crippen LogP contribution < -0.4 is 0 Å². The molecule has 22 heavy (non-hydrogen) atoms. The maximum absolute atomic E-state index is 12.1. The number of hydroxylamine groups is 1. The molecule has 0 radical (unpaired) electrons. The summed E-state index contributed by atoms with van der Waals surface area (Å²) in [5.74, 6) is -0.608. The van der Waals surface area contributed by atoms with Crippen LogP contribution >= 0.6 is 0 Å². The van der Waals surface area contributed by atoms with Gasteiger partial charge in [-0.1, -0.05) is 18.2 Å². The average molecular weight is 308 g/mol. The Labute approximate surface area is 128 Å². The van der Waals surface area contributed by atoms with Crippen LogP contribution in [-0.2, 0) is 9.57 Å². The number of hydrogen-bond acceptors (Lipinski definition) is 6. The van der Waals surface area contributed by atoms with E-state index in [0.29, 0.717) is 5.56 Å². The summed E-state index contributed by atoms with van der Waals surface area (Å²) in [6, 6.07) is 8.41. The number of aliphatic hydroxyl groups is 1. The van der Waals surface area contributed by atoms with Gasteiger partial charge in [0.1, 0.15) is 5.60 Å². The molecule has 0 saturated carbocycles. The second-order valence-corrected chi connectivity index (χ2v) is 6.00. The van der Waals surface area contributed by atoms with Gasteiger partial charge in [0, 0.05) is 0 Å². The number of aliphatic hydroxyl groups excluding tert-OH is 1. The summed E-state index contributed by atoms with van der Waals surface area (Å²) < 4.78 is 5.23. The summed E-state index contributed by atoms with van der Waals surface area (Å²) in [4.78, 5) is 29.3. The van der Waals surface area contributed by atoms with E-state index >= 15 is 0 Å². The summed E-state index contributed by atoms with van der Waals surface area (Å²) in [6.45, 7) is 5.22. The van der Waals surface area contributed by atoms with Crippen molar-refractivity contribution in [2.24, 2.45) is 0 Å². The Bertz CT molecular complexity index is 541. The SMILES string of the molecule is CC(C)(C)OC(=O)N1CC(O)CN1OC(=O)c1ccccc1. The highest BCUT2D eigenvalue weighted by Crippen LogP contribution is 2.18. The maximum atomic E-state index is 12.1. The monoisotopic (exact) mass is 308 g/mol. The molecule has 1 amide bonds. The quantitative estimate of drug-likeness (QED) is 0.893. The second kappa shape index (κ2) is 6.33. The van der Waals surface area contributed by atoms with Crippen molar-refractivity contribution in [1.29, 1.82) is 0 Å². The Balaban J connectivity index is 2.05. The highest BCUT2D eigenvalue weighted by atomic mass is 16.8. The summed E-state index contributed by atoms with van der Waals surface area (Å²) in [7, 11) is 0. The number of benzene rings is 1. The van der Waals surface area contributed by atoms with E-state index in [2.05, 4.69) is 0 Å². The van der Waals surface area contributed by atoms with E-state index < -0.39 is 23.8 Å². The Morgan fingerprint density at radius 2 is 1.82 bits per heavy atom. The first kappa shape index (κ1) is 16.3. The minimum atomic E-state index is -0.809. The van der Waals surface area contributed by atoms with E-state index in [1.54, 1.807) is 51.1 Å². The molecule has 0 spiro atoms. The molecule has 1 saturated heterocycles. The zero-order valence-electron chi connectivity index (χ0n) is 12.9. The number of amides is 1. The van der Waals surface area contributed by atoms with E-state index in [9.17, 15) is 14.7 Å². The Morgan fingerprint density at radius 3 is 2.41 bits per heavy atom. The molecule has 120 valence electrons. The summed E-state index contributed by atoms with van der Waals surface area (Å²) in [5.41, 5.74) is -0.326. The van der Waals surface area contributed by atoms with E-state index in [1.807, 2.05) is 0 Å². The molecule has 1 atom stereocenters.